The lowest BCUT2D eigenvalue weighted by molar-refractivity contribution is -0.137. The number of rotatable bonds is 2. The molecule has 0 radical (unpaired) electrons. The largest absolute Gasteiger partial charge is 0.416 e. The zero-order chi connectivity index (χ0) is 22.4. The van der Waals surface area contributed by atoms with E-state index in [0.29, 0.717) is 31.7 Å². The number of alkyl halides is 3. The Bertz CT molecular complexity index is 999. The van der Waals surface area contributed by atoms with E-state index in [4.69, 9.17) is 0 Å². The molecule has 0 atom stereocenters. The van der Waals surface area contributed by atoms with Crippen LogP contribution in [0.15, 0.2) is 48.5 Å². The quantitative estimate of drug-likeness (QED) is 0.743. The van der Waals surface area contributed by atoms with Crippen molar-refractivity contribution < 1.29 is 22.8 Å². The normalized spacial score (nSPS) is 13.9. The number of halogens is 3. The molecule has 0 saturated carbocycles. The van der Waals surface area contributed by atoms with Crippen molar-refractivity contribution in [3.8, 4) is 11.8 Å². The molecule has 1 fully saturated rings. The van der Waals surface area contributed by atoms with Crippen molar-refractivity contribution in [2.45, 2.75) is 13.1 Å². The van der Waals surface area contributed by atoms with E-state index in [0.717, 1.165) is 17.7 Å². The Labute approximate surface area is 178 Å². The summed E-state index contributed by atoms with van der Waals surface area (Å²) < 4.78 is 38.2. The van der Waals surface area contributed by atoms with Crippen LogP contribution in [0.5, 0.6) is 0 Å². The number of carbonyl (C=O) groups is 2. The molecule has 2 aromatic carbocycles. The molecule has 3 amide bonds. The second-order valence-electron chi connectivity index (χ2n) is 7.18. The van der Waals surface area contributed by atoms with E-state index in [9.17, 15) is 22.8 Å². The lowest BCUT2D eigenvalue weighted by Crippen LogP contribution is -2.53. The summed E-state index contributed by atoms with van der Waals surface area (Å²) in [5.41, 5.74) is 1.16. The highest BCUT2D eigenvalue weighted by Crippen LogP contribution is 2.29. The first-order chi connectivity index (χ1) is 14.7. The molecular formula is C23H22F3N3O2. The molecule has 1 saturated heterocycles. The van der Waals surface area contributed by atoms with E-state index in [1.54, 1.807) is 21.9 Å². The van der Waals surface area contributed by atoms with Crippen molar-refractivity contribution in [3.05, 3.63) is 70.8 Å². The second kappa shape index (κ2) is 9.56. The minimum absolute atomic E-state index is 0.0115. The van der Waals surface area contributed by atoms with Crippen molar-refractivity contribution in [2.75, 3.05) is 32.7 Å². The van der Waals surface area contributed by atoms with Gasteiger partial charge in [0.25, 0.3) is 5.91 Å². The third-order valence-electron chi connectivity index (χ3n) is 4.90. The maximum absolute atomic E-state index is 12.7. The van der Waals surface area contributed by atoms with Crippen molar-refractivity contribution in [3.63, 3.8) is 0 Å². The van der Waals surface area contributed by atoms with E-state index in [1.807, 2.05) is 19.1 Å². The smallest absolute Gasteiger partial charge is 0.335 e. The molecule has 1 aliphatic rings. The highest BCUT2D eigenvalue weighted by atomic mass is 19.4. The van der Waals surface area contributed by atoms with Gasteiger partial charge in [-0.3, -0.25) is 4.79 Å². The van der Waals surface area contributed by atoms with Crippen LogP contribution in [0.4, 0.5) is 18.0 Å². The van der Waals surface area contributed by atoms with Gasteiger partial charge in [0.1, 0.15) is 0 Å². The summed E-state index contributed by atoms with van der Waals surface area (Å²) in [7, 11) is 0. The van der Waals surface area contributed by atoms with Gasteiger partial charge in [0, 0.05) is 37.3 Å². The molecule has 0 aromatic heterocycles. The lowest BCUT2D eigenvalue weighted by Gasteiger charge is -2.34. The van der Waals surface area contributed by atoms with Crippen molar-refractivity contribution in [1.29, 1.82) is 0 Å². The molecule has 0 aliphatic carbocycles. The average molecular weight is 429 g/mol. The summed E-state index contributed by atoms with van der Waals surface area (Å²) in [6.45, 7) is 3.61. The molecular weight excluding hydrogens is 407 g/mol. The van der Waals surface area contributed by atoms with Crippen LogP contribution >= 0.6 is 0 Å². The number of benzene rings is 2. The number of aryl methyl sites for hydroxylation is 1. The van der Waals surface area contributed by atoms with Gasteiger partial charge in [-0.05, 0) is 37.3 Å². The molecule has 0 bridgehead atoms. The summed E-state index contributed by atoms with van der Waals surface area (Å²) in [5, 5.41) is 2.64. The van der Waals surface area contributed by atoms with Gasteiger partial charge in [-0.2, -0.15) is 13.2 Å². The van der Waals surface area contributed by atoms with E-state index >= 15 is 0 Å². The zero-order valence-electron chi connectivity index (χ0n) is 17.0. The maximum atomic E-state index is 12.7. The van der Waals surface area contributed by atoms with Crippen LogP contribution in [0.2, 0.25) is 0 Å². The highest BCUT2D eigenvalue weighted by Gasteiger charge is 2.30. The zero-order valence-corrected chi connectivity index (χ0v) is 17.0. The van der Waals surface area contributed by atoms with Gasteiger partial charge >= 0.3 is 12.2 Å². The minimum Gasteiger partial charge on any atom is -0.335 e. The lowest BCUT2D eigenvalue weighted by atomic mass is 10.1. The Morgan fingerprint density at radius 3 is 2.29 bits per heavy atom. The first-order valence-corrected chi connectivity index (χ1v) is 9.79. The van der Waals surface area contributed by atoms with E-state index in [-0.39, 0.29) is 24.0 Å². The monoisotopic (exact) mass is 429 g/mol. The fourth-order valence-electron chi connectivity index (χ4n) is 3.14. The van der Waals surface area contributed by atoms with Crippen LogP contribution in [0, 0.1) is 18.8 Å². The Morgan fingerprint density at radius 1 is 1.00 bits per heavy atom. The second-order valence-corrected chi connectivity index (χ2v) is 7.18. The van der Waals surface area contributed by atoms with Crippen molar-refractivity contribution >= 4 is 11.9 Å². The van der Waals surface area contributed by atoms with Gasteiger partial charge in [-0.1, -0.05) is 35.6 Å². The fraction of sp³-hybridized carbons (Fsp3) is 0.304. The topological polar surface area (TPSA) is 52.7 Å². The van der Waals surface area contributed by atoms with Gasteiger partial charge in [-0.25, -0.2) is 4.79 Å². The predicted molar refractivity (Wildman–Crippen MR) is 110 cm³/mol. The number of carbonyl (C=O) groups excluding carboxylic acids is 2. The van der Waals surface area contributed by atoms with Crippen molar-refractivity contribution in [2.24, 2.45) is 0 Å². The number of nitrogens with zero attached hydrogens (tertiary/aromatic N) is 2. The van der Waals surface area contributed by atoms with Crippen molar-refractivity contribution in [1.82, 2.24) is 15.1 Å². The van der Waals surface area contributed by atoms with Gasteiger partial charge in [0.2, 0.25) is 0 Å². The SMILES string of the molecule is Cc1ccc(C(=O)N2CCN(C(=O)NCC#Cc3cccc(C(F)(F)F)c3)CC2)cc1. The van der Waals surface area contributed by atoms with Crippen LogP contribution in [0.25, 0.3) is 0 Å². The van der Waals surface area contributed by atoms with Gasteiger partial charge in [0.05, 0.1) is 12.1 Å². The third kappa shape index (κ3) is 6.01. The van der Waals surface area contributed by atoms with Crippen LogP contribution < -0.4 is 5.32 Å². The average Bonchev–Trinajstić information content (AvgIpc) is 2.76. The van der Waals surface area contributed by atoms with Gasteiger partial charge in [0.15, 0.2) is 0 Å². The molecule has 1 N–H and O–H groups in total. The number of urea groups is 1. The molecule has 8 heteroatoms. The molecule has 3 rings (SSSR count). The number of piperazine rings is 1. The molecule has 162 valence electrons. The summed E-state index contributed by atoms with van der Waals surface area (Å²) >= 11 is 0. The molecule has 1 aliphatic heterocycles. The number of hydrogen-bond acceptors (Lipinski definition) is 2. The third-order valence-corrected chi connectivity index (χ3v) is 4.90. The summed E-state index contributed by atoms with van der Waals surface area (Å²) in [4.78, 5) is 28.1. The summed E-state index contributed by atoms with van der Waals surface area (Å²) in [6.07, 6.45) is -4.42. The number of hydrogen-bond donors (Lipinski definition) is 1. The Kier molecular flexibility index (Phi) is 6.85. The van der Waals surface area contributed by atoms with Gasteiger partial charge < -0.3 is 15.1 Å². The van der Waals surface area contributed by atoms with Crippen LogP contribution in [0.1, 0.15) is 27.0 Å². The first-order valence-electron chi connectivity index (χ1n) is 9.79. The van der Waals surface area contributed by atoms with E-state index in [2.05, 4.69) is 17.2 Å². The Balaban J connectivity index is 1.46. The molecule has 31 heavy (non-hydrogen) atoms. The van der Waals surface area contributed by atoms with E-state index in [1.165, 1.54) is 12.1 Å². The Morgan fingerprint density at radius 2 is 1.65 bits per heavy atom. The molecule has 0 spiro atoms. The van der Waals surface area contributed by atoms with Crippen LogP contribution in [-0.2, 0) is 6.18 Å². The first kappa shape index (κ1) is 22.2. The fourth-order valence-corrected chi connectivity index (χ4v) is 3.14. The predicted octanol–water partition coefficient (Wildman–Crippen LogP) is 3.53. The molecule has 2 aromatic rings. The number of amides is 3. The number of nitrogens with one attached hydrogen (secondary N) is 1. The molecule has 5 nitrogen and oxygen atoms in total. The molecule has 1 heterocycles. The minimum atomic E-state index is -4.42. The van der Waals surface area contributed by atoms with Crippen LogP contribution in [0.3, 0.4) is 0 Å². The van der Waals surface area contributed by atoms with Crippen LogP contribution in [-0.4, -0.2) is 54.5 Å². The highest BCUT2D eigenvalue weighted by molar-refractivity contribution is 5.94. The maximum Gasteiger partial charge on any atom is 0.416 e. The molecule has 0 unspecified atom stereocenters. The van der Waals surface area contributed by atoms with E-state index < -0.39 is 11.7 Å². The van der Waals surface area contributed by atoms with Gasteiger partial charge in [-0.15, -0.1) is 0 Å². The summed E-state index contributed by atoms with van der Waals surface area (Å²) in [5.74, 6) is 5.22. The summed E-state index contributed by atoms with van der Waals surface area (Å²) in [6, 6.07) is 11.8. The Hall–Kier alpha value is -3.47. The standard InChI is InChI=1S/C23H22F3N3O2/c1-17-7-9-19(10-8-17)21(30)28-12-14-29(15-13-28)22(31)27-11-3-5-18-4-2-6-20(16-18)23(24,25)26/h2,4,6-10,16H,11-15H2,1H3,(H,27,31).